The summed E-state index contributed by atoms with van der Waals surface area (Å²) in [5.74, 6) is -1.25. The molecule has 1 rings (SSSR count). The number of benzene rings is 1. The minimum Gasteiger partial charge on any atom is -0.465 e. The first-order valence-electron chi connectivity index (χ1n) is 4.69. The van der Waals surface area contributed by atoms with Crippen LogP contribution in [0.15, 0.2) is 12.1 Å². The van der Waals surface area contributed by atoms with Crippen LogP contribution in [0.5, 0.6) is 0 Å². The summed E-state index contributed by atoms with van der Waals surface area (Å²) >= 11 is 0. The van der Waals surface area contributed by atoms with Crippen molar-refractivity contribution in [3.05, 3.63) is 34.4 Å². The summed E-state index contributed by atoms with van der Waals surface area (Å²) < 4.78 is 42.9. The monoisotopic (exact) mass is 259 g/mol. The van der Waals surface area contributed by atoms with Crippen LogP contribution >= 0.6 is 0 Å². The van der Waals surface area contributed by atoms with E-state index in [0.29, 0.717) is 0 Å². The summed E-state index contributed by atoms with van der Waals surface area (Å²) in [6.07, 6.45) is -4.89. The molecule has 1 aromatic carbocycles. The third-order valence-corrected chi connectivity index (χ3v) is 2.26. The summed E-state index contributed by atoms with van der Waals surface area (Å²) in [5, 5.41) is 17.6. The highest BCUT2D eigenvalue weighted by molar-refractivity contribution is 5.93. The maximum atomic E-state index is 12.9. The van der Waals surface area contributed by atoms with Gasteiger partial charge in [-0.05, 0) is 11.6 Å². The van der Waals surface area contributed by atoms with Crippen LogP contribution < -0.4 is 0 Å². The number of aliphatic hydroxyl groups is 1. The molecule has 0 atom stereocenters. The molecule has 0 unspecified atom stereocenters. The van der Waals surface area contributed by atoms with Crippen molar-refractivity contribution in [2.45, 2.75) is 12.8 Å². The second-order valence-electron chi connectivity index (χ2n) is 3.28. The zero-order valence-corrected chi connectivity index (χ0v) is 9.21. The third kappa shape index (κ3) is 2.43. The fourth-order valence-corrected chi connectivity index (χ4v) is 1.50. The van der Waals surface area contributed by atoms with Crippen molar-refractivity contribution in [2.24, 2.45) is 0 Å². The molecule has 0 aromatic heterocycles. The summed E-state index contributed by atoms with van der Waals surface area (Å²) in [6, 6.07) is 3.35. The average Bonchev–Trinajstić information content (AvgIpc) is 2.34. The van der Waals surface area contributed by atoms with Gasteiger partial charge >= 0.3 is 12.1 Å². The maximum Gasteiger partial charge on any atom is 0.418 e. The SMILES string of the molecule is COC(=O)c1c(CO)ccc(C#N)c1C(F)(F)F. The minimum absolute atomic E-state index is 0.242. The fraction of sp³-hybridized carbons (Fsp3) is 0.273. The normalized spacial score (nSPS) is 10.9. The van der Waals surface area contributed by atoms with Crippen LogP contribution in [0.3, 0.4) is 0 Å². The molecule has 0 bridgehead atoms. The number of carbonyl (C=O) groups is 1. The van der Waals surface area contributed by atoms with Gasteiger partial charge in [0.2, 0.25) is 0 Å². The molecular formula is C11H8F3NO3. The second-order valence-corrected chi connectivity index (χ2v) is 3.28. The zero-order chi connectivity index (χ0) is 13.9. The highest BCUT2D eigenvalue weighted by Gasteiger charge is 2.39. The van der Waals surface area contributed by atoms with Crippen LogP contribution in [-0.2, 0) is 17.5 Å². The molecule has 96 valence electrons. The van der Waals surface area contributed by atoms with Gasteiger partial charge in [0.1, 0.15) is 0 Å². The van der Waals surface area contributed by atoms with Crippen molar-refractivity contribution >= 4 is 5.97 Å². The van der Waals surface area contributed by atoms with Crippen LogP contribution in [0.2, 0.25) is 0 Å². The average molecular weight is 259 g/mol. The second kappa shape index (κ2) is 5.06. The molecule has 4 nitrogen and oxygen atoms in total. The molecule has 0 aliphatic heterocycles. The van der Waals surface area contributed by atoms with Crippen molar-refractivity contribution in [1.29, 1.82) is 5.26 Å². The van der Waals surface area contributed by atoms with E-state index in [2.05, 4.69) is 4.74 Å². The van der Waals surface area contributed by atoms with Crippen molar-refractivity contribution in [1.82, 2.24) is 0 Å². The van der Waals surface area contributed by atoms with Crippen LogP contribution in [-0.4, -0.2) is 18.2 Å². The molecule has 1 aromatic rings. The number of carbonyl (C=O) groups excluding carboxylic acids is 1. The van der Waals surface area contributed by atoms with E-state index in [-0.39, 0.29) is 5.56 Å². The van der Waals surface area contributed by atoms with E-state index in [1.165, 1.54) is 6.07 Å². The molecule has 0 radical (unpaired) electrons. The van der Waals surface area contributed by atoms with E-state index in [1.54, 1.807) is 0 Å². The zero-order valence-electron chi connectivity index (χ0n) is 9.21. The largest absolute Gasteiger partial charge is 0.465 e. The molecule has 0 spiro atoms. The first-order valence-corrected chi connectivity index (χ1v) is 4.69. The third-order valence-electron chi connectivity index (χ3n) is 2.26. The van der Waals surface area contributed by atoms with Gasteiger partial charge < -0.3 is 9.84 Å². The minimum atomic E-state index is -4.89. The Balaban J connectivity index is 3.71. The number of alkyl halides is 3. The molecule has 7 heteroatoms. The van der Waals surface area contributed by atoms with Crippen molar-refractivity contribution in [2.75, 3.05) is 7.11 Å². The molecular weight excluding hydrogens is 251 g/mol. The van der Waals surface area contributed by atoms with Crippen molar-refractivity contribution < 1.29 is 27.8 Å². The molecule has 0 aliphatic carbocycles. The molecule has 18 heavy (non-hydrogen) atoms. The molecule has 0 fully saturated rings. The van der Waals surface area contributed by atoms with E-state index in [4.69, 9.17) is 10.4 Å². The Morgan fingerprint density at radius 2 is 2.11 bits per heavy atom. The van der Waals surface area contributed by atoms with E-state index in [0.717, 1.165) is 19.2 Å². The molecule has 0 saturated heterocycles. The summed E-state index contributed by atoms with van der Waals surface area (Å²) in [6.45, 7) is -0.765. The van der Waals surface area contributed by atoms with E-state index >= 15 is 0 Å². The number of esters is 1. The van der Waals surface area contributed by atoms with Gasteiger partial charge in [0.15, 0.2) is 0 Å². The number of rotatable bonds is 2. The Hall–Kier alpha value is -2.07. The Bertz CT molecular complexity index is 517. The number of nitriles is 1. The Kier molecular flexibility index (Phi) is 3.93. The lowest BCUT2D eigenvalue weighted by Gasteiger charge is -2.15. The molecule has 1 N–H and O–H groups in total. The Morgan fingerprint density at radius 1 is 1.50 bits per heavy atom. The van der Waals surface area contributed by atoms with Crippen molar-refractivity contribution in [3.63, 3.8) is 0 Å². The smallest absolute Gasteiger partial charge is 0.418 e. The number of hydrogen-bond donors (Lipinski definition) is 1. The van der Waals surface area contributed by atoms with Gasteiger partial charge in [-0.2, -0.15) is 18.4 Å². The van der Waals surface area contributed by atoms with Gasteiger partial charge in [-0.25, -0.2) is 4.79 Å². The number of methoxy groups -OCH3 is 1. The van der Waals surface area contributed by atoms with Crippen LogP contribution in [0.1, 0.15) is 27.0 Å². The van der Waals surface area contributed by atoms with Gasteiger partial charge in [0.05, 0.1) is 36.5 Å². The summed E-state index contributed by atoms with van der Waals surface area (Å²) in [5.41, 5.74) is -3.15. The number of nitrogens with zero attached hydrogens (tertiary/aromatic N) is 1. The van der Waals surface area contributed by atoms with E-state index in [9.17, 15) is 18.0 Å². The molecule has 0 saturated carbocycles. The van der Waals surface area contributed by atoms with Crippen molar-refractivity contribution in [3.8, 4) is 6.07 Å². The maximum absolute atomic E-state index is 12.9. The predicted molar refractivity (Wildman–Crippen MR) is 53.4 cm³/mol. The predicted octanol–water partition coefficient (Wildman–Crippen LogP) is 1.86. The first kappa shape index (κ1) is 14.0. The van der Waals surface area contributed by atoms with E-state index in [1.807, 2.05) is 0 Å². The standard InChI is InChI=1S/C11H8F3NO3/c1-18-10(17)8-7(5-16)3-2-6(4-15)9(8)11(12,13)14/h2-3,16H,5H2,1H3. The van der Waals surface area contributed by atoms with Crippen LogP contribution in [0, 0.1) is 11.3 Å². The summed E-state index contributed by atoms with van der Waals surface area (Å²) in [7, 11) is 0.919. The van der Waals surface area contributed by atoms with E-state index < -0.39 is 35.4 Å². The van der Waals surface area contributed by atoms with Gasteiger partial charge in [-0.15, -0.1) is 0 Å². The topological polar surface area (TPSA) is 70.3 Å². The molecule has 0 aliphatic rings. The molecule has 0 heterocycles. The highest BCUT2D eigenvalue weighted by atomic mass is 19.4. The van der Waals surface area contributed by atoms with Crippen LogP contribution in [0.4, 0.5) is 13.2 Å². The van der Waals surface area contributed by atoms with Gasteiger partial charge in [0, 0.05) is 0 Å². The number of ether oxygens (including phenoxy) is 1. The fourth-order valence-electron chi connectivity index (χ4n) is 1.50. The Labute approximate surface area is 100 Å². The lowest BCUT2D eigenvalue weighted by molar-refractivity contribution is -0.138. The highest BCUT2D eigenvalue weighted by Crippen LogP contribution is 2.36. The number of halogens is 3. The van der Waals surface area contributed by atoms with Crippen LogP contribution in [0.25, 0.3) is 0 Å². The molecule has 0 amide bonds. The number of aliphatic hydroxyl groups excluding tert-OH is 1. The lowest BCUT2D eigenvalue weighted by Crippen LogP contribution is -2.18. The number of hydrogen-bond acceptors (Lipinski definition) is 4. The summed E-state index contributed by atoms with van der Waals surface area (Å²) in [4.78, 5) is 11.4. The van der Waals surface area contributed by atoms with Gasteiger partial charge in [-0.1, -0.05) is 6.07 Å². The quantitative estimate of drug-likeness (QED) is 0.823. The lowest BCUT2D eigenvalue weighted by atomic mass is 9.96. The Morgan fingerprint density at radius 3 is 2.50 bits per heavy atom. The first-order chi connectivity index (χ1) is 8.36. The van der Waals surface area contributed by atoms with Gasteiger partial charge in [0.25, 0.3) is 0 Å². The van der Waals surface area contributed by atoms with Gasteiger partial charge in [-0.3, -0.25) is 0 Å².